The van der Waals surface area contributed by atoms with E-state index in [1.165, 1.54) is 63.6 Å². The number of nitrogens with zero attached hydrogens (tertiary/aromatic N) is 3. The molecule has 3 aromatic heterocycles. The first kappa shape index (κ1) is 34.8. The van der Waals surface area contributed by atoms with Crippen LogP contribution in [0.1, 0.15) is 0 Å². The van der Waals surface area contributed by atoms with E-state index in [0.29, 0.717) is 17.5 Å². The standard InChI is InChI=1S/C57H33N3OS/c1-2-11-34(12-3-1)55-58-56(60-57(59-55)40-23-27-48-47-19-8-9-20-53(47)62-54(48)33-40)39-22-26-46-50-31-38(24-28-51(50)61-52(46)32-39)36-14-10-13-35(29-36)37-21-25-45-43-17-5-4-15-41(43)42-16-6-7-18-44(42)49(45)30-37/h1-33H. The van der Waals surface area contributed by atoms with Crippen LogP contribution in [0.5, 0.6) is 0 Å². The van der Waals surface area contributed by atoms with Crippen molar-refractivity contribution < 1.29 is 4.42 Å². The molecular weight excluding hydrogens is 775 g/mol. The summed E-state index contributed by atoms with van der Waals surface area (Å²) in [5, 5.41) is 12.3. The van der Waals surface area contributed by atoms with Crippen molar-refractivity contribution in [2.24, 2.45) is 0 Å². The number of aromatic nitrogens is 3. The van der Waals surface area contributed by atoms with Crippen molar-refractivity contribution in [2.75, 3.05) is 0 Å². The molecule has 0 spiro atoms. The molecule has 0 aliphatic rings. The van der Waals surface area contributed by atoms with Crippen LogP contribution in [-0.2, 0) is 0 Å². The molecule has 13 aromatic rings. The average molecular weight is 808 g/mol. The van der Waals surface area contributed by atoms with E-state index in [4.69, 9.17) is 19.4 Å². The Morgan fingerprint density at radius 2 is 0.726 bits per heavy atom. The zero-order valence-electron chi connectivity index (χ0n) is 33.2. The molecule has 0 saturated carbocycles. The Hall–Kier alpha value is -7.99. The summed E-state index contributed by atoms with van der Waals surface area (Å²) in [6.07, 6.45) is 0. The highest BCUT2D eigenvalue weighted by Gasteiger charge is 2.17. The van der Waals surface area contributed by atoms with Gasteiger partial charge in [-0.25, -0.2) is 15.0 Å². The Morgan fingerprint density at radius 1 is 0.258 bits per heavy atom. The van der Waals surface area contributed by atoms with Gasteiger partial charge in [0, 0.05) is 47.6 Å². The molecule has 0 fully saturated rings. The zero-order chi connectivity index (χ0) is 40.7. The summed E-state index contributed by atoms with van der Waals surface area (Å²) in [5.41, 5.74) is 9.03. The fraction of sp³-hybridized carbons (Fsp3) is 0. The summed E-state index contributed by atoms with van der Waals surface area (Å²) >= 11 is 1.79. The maximum absolute atomic E-state index is 6.54. The maximum Gasteiger partial charge on any atom is 0.164 e. The SMILES string of the molecule is c1ccc(-c2nc(-c3ccc4c(c3)oc3ccc(-c5cccc(-c6ccc7c8ccccc8c8ccccc8c7c6)c5)cc34)nc(-c3ccc4c(c3)sc3ccccc34)n2)cc1. The van der Waals surface area contributed by atoms with E-state index in [0.717, 1.165) is 49.8 Å². The summed E-state index contributed by atoms with van der Waals surface area (Å²) in [5.74, 6) is 1.86. The second-order valence-corrected chi connectivity index (χ2v) is 17.0. The van der Waals surface area contributed by atoms with Gasteiger partial charge in [0.05, 0.1) is 0 Å². The van der Waals surface area contributed by atoms with Gasteiger partial charge in [-0.1, -0.05) is 152 Å². The van der Waals surface area contributed by atoms with Gasteiger partial charge in [0.2, 0.25) is 0 Å². The van der Waals surface area contributed by atoms with Crippen LogP contribution in [0, 0.1) is 0 Å². The van der Waals surface area contributed by atoms with Gasteiger partial charge in [0.1, 0.15) is 11.2 Å². The average Bonchev–Trinajstić information content (AvgIpc) is 3.91. The molecule has 288 valence electrons. The van der Waals surface area contributed by atoms with Crippen molar-refractivity contribution in [3.63, 3.8) is 0 Å². The molecule has 5 heteroatoms. The number of fused-ring (bicyclic) bond motifs is 12. The minimum atomic E-state index is 0.597. The number of furan rings is 1. The van der Waals surface area contributed by atoms with Gasteiger partial charge < -0.3 is 4.42 Å². The smallest absolute Gasteiger partial charge is 0.164 e. The lowest BCUT2D eigenvalue weighted by Gasteiger charge is -2.12. The third-order valence-electron chi connectivity index (χ3n) is 12.3. The van der Waals surface area contributed by atoms with E-state index in [2.05, 4.69) is 170 Å². The Morgan fingerprint density at radius 3 is 1.44 bits per heavy atom. The van der Waals surface area contributed by atoms with Crippen molar-refractivity contribution in [3.05, 3.63) is 200 Å². The van der Waals surface area contributed by atoms with Gasteiger partial charge in [0.25, 0.3) is 0 Å². The Bertz CT molecular complexity index is 3910. The molecule has 62 heavy (non-hydrogen) atoms. The van der Waals surface area contributed by atoms with Gasteiger partial charge in [-0.3, -0.25) is 0 Å². The quantitative estimate of drug-likeness (QED) is 0.163. The topological polar surface area (TPSA) is 51.8 Å². The Kier molecular flexibility index (Phi) is 7.74. The molecule has 0 saturated heterocycles. The molecular formula is C57H33N3OS. The van der Waals surface area contributed by atoms with Gasteiger partial charge in [0.15, 0.2) is 17.5 Å². The minimum Gasteiger partial charge on any atom is -0.456 e. The fourth-order valence-electron chi connectivity index (χ4n) is 9.28. The van der Waals surface area contributed by atoms with E-state index < -0.39 is 0 Å². The largest absolute Gasteiger partial charge is 0.456 e. The monoisotopic (exact) mass is 807 g/mol. The molecule has 3 heterocycles. The van der Waals surface area contributed by atoms with E-state index >= 15 is 0 Å². The summed E-state index contributed by atoms with van der Waals surface area (Å²) in [6.45, 7) is 0. The van der Waals surface area contributed by atoms with Crippen LogP contribution in [0.2, 0.25) is 0 Å². The molecule has 0 aliphatic carbocycles. The lowest BCUT2D eigenvalue weighted by Crippen LogP contribution is -2.00. The zero-order valence-corrected chi connectivity index (χ0v) is 34.0. The van der Waals surface area contributed by atoms with E-state index in [1.807, 2.05) is 30.3 Å². The second-order valence-electron chi connectivity index (χ2n) is 15.9. The van der Waals surface area contributed by atoms with E-state index in [9.17, 15) is 0 Å². The highest BCUT2D eigenvalue weighted by atomic mass is 32.1. The van der Waals surface area contributed by atoms with E-state index in [-0.39, 0.29) is 0 Å². The lowest BCUT2D eigenvalue weighted by molar-refractivity contribution is 0.669. The number of thiophene rings is 1. The van der Waals surface area contributed by atoms with Gasteiger partial charge in [-0.2, -0.15) is 0 Å². The Labute approximate surface area is 360 Å². The van der Waals surface area contributed by atoms with E-state index in [1.54, 1.807) is 11.3 Å². The predicted molar refractivity (Wildman–Crippen MR) is 260 cm³/mol. The number of hydrogen-bond donors (Lipinski definition) is 0. The van der Waals surface area contributed by atoms with Crippen molar-refractivity contribution in [1.29, 1.82) is 0 Å². The van der Waals surface area contributed by atoms with Crippen molar-refractivity contribution in [1.82, 2.24) is 15.0 Å². The van der Waals surface area contributed by atoms with Crippen molar-refractivity contribution in [2.45, 2.75) is 0 Å². The first-order chi connectivity index (χ1) is 30.7. The van der Waals surface area contributed by atoms with Crippen LogP contribution in [-0.4, -0.2) is 15.0 Å². The molecule has 0 amide bonds. The van der Waals surface area contributed by atoms with Crippen LogP contribution in [0.4, 0.5) is 0 Å². The third-order valence-corrected chi connectivity index (χ3v) is 13.4. The van der Waals surface area contributed by atoms with Gasteiger partial charge in [-0.15, -0.1) is 11.3 Å². The van der Waals surface area contributed by atoms with Gasteiger partial charge >= 0.3 is 0 Å². The highest BCUT2D eigenvalue weighted by molar-refractivity contribution is 7.25. The first-order valence-electron chi connectivity index (χ1n) is 20.8. The molecule has 0 unspecified atom stereocenters. The highest BCUT2D eigenvalue weighted by Crippen LogP contribution is 2.40. The summed E-state index contributed by atoms with van der Waals surface area (Å²) < 4.78 is 9.02. The molecule has 13 rings (SSSR count). The summed E-state index contributed by atoms with van der Waals surface area (Å²) in [6, 6.07) is 71.2. The van der Waals surface area contributed by atoms with Crippen molar-refractivity contribution in [3.8, 4) is 56.4 Å². The number of rotatable bonds is 5. The van der Waals surface area contributed by atoms with Crippen LogP contribution >= 0.6 is 11.3 Å². The first-order valence-corrected chi connectivity index (χ1v) is 21.6. The minimum absolute atomic E-state index is 0.597. The summed E-state index contributed by atoms with van der Waals surface area (Å²) in [4.78, 5) is 15.1. The third kappa shape index (κ3) is 5.63. The molecule has 0 atom stereocenters. The molecule has 10 aromatic carbocycles. The molecule has 0 radical (unpaired) electrons. The van der Waals surface area contributed by atoms with Gasteiger partial charge in [-0.05, 0) is 103 Å². The number of hydrogen-bond acceptors (Lipinski definition) is 5. The lowest BCUT2D eigenvalue weighted by atomic mass is 9.91. The van der Waals surface area contributed by atoms with Crippen LogP contribution in [0.3, 0.4) is 0 Å². The predicted octanol–water partition coefficient (Wildman–Crippen LogP) is 15.9. The molecule has 0 N–H and O–H groups in total. The maximum atomic E-state index is 6.54. The molecule has 0 aliphatic heterocycles. The van der Waals surface area contributed by atoms with Crippen LogP contribution in [0.25, 0.3) is 131 Å². The fourth-order valence-corrected chi connectivity index (χ4v) is 10.4. The summed E-state index contributed by atoms with van der Waals surface area (Å²) in [7, 11) is 0. The Balaban J connectivity index is 0.881. The second kappa shape index (κ2) is 13.8. The molecule has 0 bridgehead atoms. The van der Waals surface area contributed by atoms with Crippen molar-refractivity contribution >= 4 is 85.8 Å². The molecule has 4 nitrogen and oxygen atoms in total. The normalized spacial score (nSPS) is 11.9. The van der Waals surface area contributed by atoms with Crippen LogP contribution < -0.4 is 0 Å². The number of benzene rings is 10. The van der Waals surface area contributed by atoms with Crippen LogP contribution in [0.15, 0.2) is 205 Å².